The third-order valence-corrected chi connectivity index (χ3v) is 3.85. The fraction of sp³-hybridized carbons (Fsp3) is 0.400. The van der Waals surface area contributed by atoms with Crippen LogP contribution in [0.3, 0.4) is 0 Å². The summed E-state index contributed by atoms with van der Waals surface area (Å²) < 4.78 is 0. The molecule has 3 heterocycles. The summed E-state index contributed by atoms with van der Waals surface area (Å²) in [6, 6.07) is 3.42. The Balaban J connectivity index is 1.91. The summed E-state index contributed by atoms with van der Waals surface area (Å²) in [5, 5.41) is 16.9. The number of aromatic amines is 1. The summed E-state index contributed by atoms with van der Waals surface area (Å²) >= 11 is 0. The van der Waals surface area contributed by atoms with Crippen LogP contribution >= 0.6 is 0 Å². The highest BCUT2D eigenvalue weighted by Crippen LogP contribution is 2.31. The average molecular weight is 286 g/mol. The van der Waals surface area contributed by atoms with Crippen molar-refractivity contribution in [2.75, 3.05) is 6.54 Å². The first-order valence-electron chi connectivity index (χ1n) is 7.12. The largest absolute Gasteiger partial charge is 0.505 e. The molecule has 2 aromatic heterocycles. The number of pyridine rings is 1. The van der Waals surface area contributed by atoms with Crippen LogP contribution in [0.25, 0.3) is 0 Å². The quantitative estimate of drug-likeness (QED) is 0.886. The lowest BCUT2D eigenvalue weighted by Gasteiger charge is -2.34. The van der Waals surface area contributed by atoms with Gasteiger partial charge in [0, 0.05) is 18.9 Å². The number of H-pyrrole nitrogens is 1. The zero-order valence-electron chi connectivity index (χ0n) is 11.9. The minimum absolute atomic E-state index is 0.0312. The molecule has 1 saturated heterocycles. The topological polar surface area (TPSA) is 82.1 Å². The third-order valence-electron chi connectivity index (χ3n) is 3.85. The Labute approximate surface area is 122 Å². The van der Waals surface area contributed by atoms with Crippen LogP contribution in [-0.2, 0) is 0 Å². The van der Waals surface area contributed by atoms with E-state index < -0.39 is 0 Å². The van der Waals surface area contributed by atoms with Crippen LogP contribution in [0.15, 0.2) is 24.5 Å². The third kappa shape index (κ3) is 2.61. The standard InChI is InChI=1S/C15H18N4O2/c1-10-8-13(20)14(16-9-10)15(21)19-7-3-2-4-12(19)11-5-6-17-18-11/h5-6,8-9,12,20H,2-4,7H2,1H3,(H,17,18). The molecule has 1 amide bonds. The van der Waals surface area contributed by atoms with Gasteiger partial charge in [-0.1, -0.05) is 0 Å². The molecule has 1 fully saturated rings. The summed E-state index contributed by atoms with van der Waals surface area (Å²) in [4.78, 5) is 18.6. The average Bonchev–Trinajstić information content (AvgIpc) is 3.01. The van der Waals surface area contributed by atoms with E-state index in [0.29, 0.717) is 6.54 Å². The van der Waals surface area contributed by atoms with Gasteiger partial charge in [-0.3, -0.25) is 9.89 Å². The van der Waals surface area contributed by atoms with E-state index in [1.54, 1.807) is 23.4 Å². The van der Waals surface area contributed by atoms with E-state index in [-0.39, 0.29) is 23.4 Å². The van der Waals surface area contributed by atoms with Crippen LogP contribution in [0.5, 0.6) is 5.75 Å². The minimum Gasteiger partial charge on any atom is -0.505 e. The molecule has 1 aliphatic heterocycles. The number of aromatic nitrogens is 3. The second-order valence-electron chi connectivity index (χ2n) is 5.40. The zero-order valence-corrected chi connectivity index (χ0v) is 11.9. The van der Waals surface area contributed by atoms with Gasteiger partial charge in [0.05, 0.1) is 11.7 Å². The Hall–Kier alpha value is -2.37. The molecular formula is C15H18N4O2. The van der Waals surface area contributed by atoms with E-state index in [9.17, 15) is 9.90 Å². The van der Waals surface area contributed by atoms with E-state index in [2.05, 4.69) is 15.2 Å². The fourth-order valence-corrected chi connectivity index (χ4v) is 2.80. The molecule has 1 aliphatic rings. The van der Waals surface area contributed by atoms with E-state index >= 15 is 0 Å². The van der Waals surface area contributed by atoms with E-state index in [1.165, 1.54) is 0 Å². The van der Waals surface area contributed by atoms with Crippen molar-refractivity contribution < 1.29 is 9.90 Å². The Bertz CT molecular complexity index is 639. The molecule has 6 nitrogen and oxygen atoms in total. The maximum absolute atomic E-state index is 12.7. The number of carbonyl (C=O) groups excluding carboxylic acids is 1. The van der Waals surface area contributed by atoms with E-state index in [4.69, 9.17) is 0 Å². The lowest BCUT2D eigenvalue weighted by molar-refractivity contribution is 0.0596. The Morgan fingerprint density at radius 3 is 3.05 bits per heavy atom. The summed E-state index contributed by atoms with van der Waals surface area (Å²) in [6.07, 6.45) is 6.21. The second kappa shape index (κ2) is 5.55. The number of hydrogen-bond acceptors (Lipinski definition) is 4. The maximum Gasteiger partial charge on any atom is 0.276 e. The number of carbonyl (C=O) groups is 1. The molecule has 0 bridgehead atoms. The molecule has 1 unspecified atom stereocenters. The summed E-state index contributed by atoms with van der Waals surface area (Å²) in [6.45, 7) is 2.49. The van der Waals surface area contributed by atoms with Crippen molar-refractivity contribution in [3.63, 3.8) is 0 Å². The molecule has 0 aliphatic carbocycles. The first kappa shape index (κ1) is 13.6. The van der Waals surface area contributed by atoms with Crippen molar-refractivity contribution in [3.05, 3.63) is 41.5 Å². The zero-order chi connectivity index (χ0) is 14.8. The highest BCUT2D eigenvalue weighted by molar-refractivity contribution is 5.95. The molecule has 0 saturated carbocycles. The predicted molar refractivity (Wildman–Crippen MR) is 76.9 cm³/mol. The Kier molecular flexibility index (Phi) is 3.60. The highest BCUT2D eigenvalue weighted by atomic mass is 16.3. The fourth-order valence-electron chi connectivity index (χ4n) is 2.80. The maximum atomic E-state index is 12.7. The van der Waals surface area contributed by atoms with Gasteiger partial charge >= 0.3 is 0 Å². The SMILES string of the molecule is Cc1cnc(C(=O)N2CCCCC2c2ccn[nH]2)c(O)c1. The predicted octanol–water partition coefficient (Wildman–Crippen LogP) is 2.19. The first-order valence-corrected chi connectivity index (χ1v) is 7.12. The molecule has 2 N–H and O–H groups in total. The van der Waals surface area contributed by atoms with E-state index in [1.807, 2.05) is 13.0 Å². The van der Waals surface area contributed by atoms with Crippen LogP contribution in [0.1, 0.15) is 47.1 Å². The number of aryl methyl sites for hydroxylation is 1. The molecule has 0 spiro atoms. The van der Waals surface area contributed by atoms with Crippen molar-refractivity contribution in [1.82, 2.24) is 20.1 Å². The van der Waals surface area contributed by atoms with Gasteiger partial charge in [0.25, 0.3) is 5.91 Å². The number of nitrogens with zero attached hydrogens (tertiary/aromatic N) is 3. The summed E-state index contributed by atoms with van der Waals surface area (Å²) in [5.74, 6) is -0.291. The normalized spacial score (nSPS) is 18.7. The summed E-state index contributed by atoms with van der Waals surface area (Å²) in [5.41, 5.74) is 1.87. The van der Waals surface area contributed by atoms with Gasteiger partial charge in [-0.15, -0.1) is 0 Å². The van der Waals surface area contributed by atoms with Crippen LogP contribution < -0.4 is 0 Å². The molecule has 2 aromatic rings. The van der Waals surface area contributed by atoms with Crippen molar-refractivity contribution in [2.45, 2.75) is 32.2 Å². The second-order valence-corrected chi connectivity index (χ2v) is 5.40. The number of hydrogen-bond donors (Lipinski definition) is 2. The number of aromatic hydroxyl groups is 1. The van der Waals surface area contributed by atoms with Gasteiger partial charge in [0.15, 0.2) is 5.69 Å². The Morgan fingerprint density at radius 2 is 2.33 bits per heavy atom. The molecule has 21 heavy (non-hydrogen) atoms. The number of rotatable bonds is 2. The van der Waals surface area contributed by atoms with Gasteiger partial charge in [-0.2, -0.15) is 5.10 Å². The smallest absolute Gasteiger partial charge is 0.276 e. The number of piperidine rings is 1. The minimum atomic E-state index is -0.230. The molecule has 0 radical (unpaired) electrons. The van der Waals surface area contributed by atoms with Crippen molar-refractivity contribution >= 4 is 5.91 Å². The van der Waals surface area contributed by atoms with Gasteiger partial charge in [-0.05, 0) is 43.9 Å². The van der Waals surface area contributed by atoms with Crippen LogP contribution in [-0.4, -0.2) is 37.6 Å². The molecule has 3 rings (SSSR count). The summed E-state index contributed by atoms with van der Waals surface area (Å²) in [7, 11) is 0. The highest BCUT2D eigenvalue weighted by Gasteiger charge is 2.31. The van der Waals surface area contributed by atoms with Crippen LogP contribution in [0.4, 0.5) is 0 Å². The molecule has 1 atom stereocenters. The van der Waals surface area contributed by atoms with Crippen LogP contribution in [0.2, 0.25) is 0 Å². The number of amides is 1. The van der Waals surface area contributed by atoms with Gasteiger partial charge in [0.2, 0.25) is 0 Å². The lowest BCUT2D eigenvalue weighted by Crippen LogP contribution is -2.39. The van der Waals surface area contributed by atoms with Crippen molar-refractivity contribution in [2.24, 2.45) is 0 Å². The van der Waals surface area contributed by atoms with Crippen molar-refractivity contribution in [3.8, 4) is 5.75 Å². The lowest BCUT2D eigenvalue weighted by atomic mass is 9.99. The van der Waals surface area contributed by atoms with Gasteiger partial charge < -0.3 is 10.0 Å². The Morgan fingerprint density at radius 1 is 1.48 bits per heavy atom. The monoisotopic (exact) mass is 286 g/mol. The molecular weight excluding hydrogens is 268 g/mol. The van der Waals surface area contributed by atoms with E-state index in [0.717, 1.165) is 30.5 Å². The van der Waals surface area contributed by atoms with Gasteiger partial charge in [0.1, 0.15) is 5.75 Å². The molecule has 110 valence electrons. The molecule has 0 aromatic carbocycles. The molecule has 6 heteroatoms. The number of likely N-dealkylation sites (tertiary alicyclic amines) is 1. The van der Waals surface area contributed by atoms with Crippen molar-refractivity contribution in [1.29, 1.82) is 0 Å². The number of nitrogens with one attached hydrogen (secondary N) is 1. The first-order chi connectivity index (χ1) is 10.2. The van der Waals surface area contributed by atoms with Crippen LogP contribution in [0, 0.1) is 6.92 Å². The van der Waals surface area contributed by atoms with Gasteiger partial charge in [-0.25, -0.2) is 4.98 Å².